The molecule has 0 atom stereocenters. The molecule has 0 saturated carbocycles. The second kappa shape index (κ2) is 8.65. The van der Waals surface area contributed by atoms with Crippen LogP contribution in [-0.2, 0) is 4.74 Å². The Balaban J connectivity index is 1.56. The quantitative estimate of drug-likeness (QED) is 0.555. The van der Waals surface area contributed by atoms with Crippen LogP contribution in [0.3, 0.4) is 0 Å². The molecule has 3 aromatic rings. The van der Waals surface area contributed by atoms with E-state index in [-0.39, 0.29) is 34.7 Å². The molecule has 0 N–H and O–H groups in total. The van der Waals surface area contributed by atoms with Gasteiger partial charge in [-0.05, 0) is 51.8 Å². The Labute approximate surface area is 189 Å². The highest BCUT2D eigenvalue weighted by Crippen LogP contribution is 2.35. The van der Waals surface area contributed by atoms with E-state index in [9.17, 15) is 13.6 Å². The third kappa shape index (κ3) is 4.72. The smallest absolute Gasteiger partial charge is 0.410 e. The lowest BCUT2D eigenvalue weighted by Crippen LogP contribution is -2.42. The van der Waals surface area contributed by atoms with Crippen molar-refractivity contribution in [2.45, 2.75) is 45.3 Å². The molecule has 0 bridgehead atoms. The van der Waals surface area contributed by atoms with Crippen LogP contribution in [-0.4, -0.2) is 44.2 Å². The summed E-state index contributed by atoms with van der Waals surface area (Å²) in [6.07, 6.45) is 3.37. The van der Waals surface area contributed by atoms with Gasteiger partial charge in [-0.3, -0.25) is 0 Å². The lowest BCUT2D eigenvalue weighted by molar-refractivity contribution is 0.0189. The van der Waals surface area contributed by atoms with Gasteiger partial charge in [0, 0.05) is 25.3 Å². The van der Waals surface area contributed by atoms with Crippen LogP contribution in [0.25, 0.3) is 11.0 Å². The Hall–Kier alpha value is -3.74. The monoisotopic (exact) mass is 455 g/mol. The first-order chi connectivity index (χ1) is 15.7. The molecule has 2 aromatic heterocycles. The van der Waals surface area contributed by atoms with Crippen molar-refractivity contribution >= 4 is 17.1 Å². The lowest BCUT2D eigenvalue weighted by Gasteiger charge is -2.34. The highest BCUT2D eigenvalue weighted by Gasteiger charge is 2.29. The number of hydrogen-bond acceptors (Lipinski definition) is 6. The molecule has 8 nitrogen and oxygen atoms in total. The molecule has 3 heterocycles. The number of fused-ring (bicyclic) bond motifs is 1. The summed E-state index contributed by atoms with van der Waals surface area (Å²) in [6, 6.07) is 5.48. The summed E-state index contributed by atoms with van der Waals surface area (Å²) < 4.78 is 41.9. The van der Waals surface area contributed by atoms with Crippen LogP contribution < -0.4 is 4.74 Å². The molecule has 172 valence electrons. The molecule has 0 radical (unpaired) electrons. The molecule has 0 aliphatic carbocycles. The molecule has 33 heavy (non-hydrogen) atoms. The highest BCUT2D eigenvalue weighted by atomic mass is 19.1. The van der Waals surface area contributed by atoms with Crippen molar-refractivity contribution in [2.75, 3.05) is 13.1 Å². The number of amides is 1. The Morgan fingerprint density at radius 2 is 1.91 bits per heavy atom. The van der Waals surface area contributed by atoms with Crippen molar-refractivity contribution in [2.24, 2.45) is 0 Å². The van der Waals surface area contributed by atoms with Crippen LogP contribution in [0, 0.1) is 23.0 Å². The fraction of sp³-hybridized carbons (Fsp3) is 0.391. The van der Waals surface area contributed by atoms with Crippen LogP contribution in [0.4, 0.5) is 13.6 Å². The van der Waals surface area contributed by atoms with E-state index in [1.54, 1.807) is 9.47 Å². The van der Waals surface area contributed by atoms with Crippen LogP contribution in [0.15, 0.2) is 30.7 Å². The molecule has 4 rings (SSSR count). The number of ether oxygens (including phenoxy) is 2. The number of piperidine rings is 1. The van der Waals surface area contributed by atoms with Crippen molar-refractivity contribution in [3.8, 4) is 17.7 Å². The van der Waals surface area contributed by atoms with E-state index >= 15 is 0 Å². The van der Waals surface area contributed by atoms with Gasteiger partial charge < -0.3 is 18.9 Å². The summed E-state index contributed by atoms with van der Waals surface area (Å²) in [4.78, 5) is 22.2. The Morgan fingerprint density at radius 1 is 1.18 bits per heavy atom. The normalized spacial score (nSPS) is 14.8. The van der Waals surface area contributed by atoms with E-state index < -0.39 is 17.2 Å². The Kier molecular flexibility index (Phi) is 5.89. The second-order valence-electron chi connectivity index (χ2n) is 8.82. The number of aromatic nitrogens is 3. The number of nitrogens with zero attached hydrogens (tertiary/aromatic N) is 5. The third-order valence-corrected chi connectivity index (χ3v) is 5.31. The van der Waals surface area contributed by atoms with Gasteiger partial charge >= 0.3 is 6.09 Å². The standard InChI is InChI=1S/C23H23F2N5O3/c1-23(2,3)33-22(31)29-8-6-15(7-9-29)30-12-17(25)19-20(30)27-13-28-21(19)32-18-5-4-14(11-26)10-16(18)24/h4-5,10,12-13,15H,6-9H2,1-3H3. The van der Waals surface area contributed by atoms with Gasteiger partial charge in [-0.25, -0.2) is 23.5 Å². The highest BCUT2D eigenvalue weighted by molar-refractivity contribution is 5.82. The zero-order chi connectivity index (χ0) is 23.8. The molecule has 0 unspecified atom stereocenters. The van der Waals surface area contributed by atoms with E-state index in [1.807, 2.05) is 26.8 Å². The first-order valence-corrected chi connectivity index (χ1v) is 10.5. The fourth-order valence-corrected chi connectivity index (χ4v) is 3.78. The minimum Gasteiger partial charge on any atom is -0.444 e. The maximum absolute atomic E-state index is 14.9. The predicted molar refractivity (Wildman–Crippen MR) is 115 cm³/mol. The molecule has 1 saturated heterocycles. The van der Waals surface area contributed by atoms with Gasteiger partial charge in [-0.15, -0.1) is 0 Å². The second-order valence-corrected chi connectivity index (χ2v) is 8.82. The van der Waals surface area contributed by atoms with E-state index in [4.69, 9.17) is 14.7 Å². The molecule has 1 aliphatic rings. The fourth-order valence-electron chi connectivity index (χ4n) is 3.78. The van der Waals surface area contributed by atoms with Crippen LogP contribution in [0.2, 0.25) is 0 Å². The van der Waals surface area contributed by atoms with E-state index in [0.29, 0.717) is 31.6 Å². The molecule has 1 aromatic carbocycles. The van der Waals surface area contributed by atoms with Crippen molar-refractivity contribution in [3.05, 3.63) is 47.9 Å². The maximum atomic E-state index is 14.9. The average Bonchev–Trinajstić information content (AvgIpc) is 3.11. The van der Waals surface area contributed by atoms with Crippen molar-refractivity contribution in [1.82, 2.24) is 19.4 Å². The van der Waals surface area contributed by atoms with E-state index in [2.05, 4.69) is 9.97 Å². The molecule has 0 spiro atoms. The molecule has 1 fully saturated rings. The number of hydrogen-bond donors (Lipinski definition) is 0. The Bertz CT molecular complexity index is 1240. The van der Waals surface area contributed by atoms with Crippen molar-refractivity contribution < 1.29 is 23.0 Å². The Morgan fingerprint density at radius 3 is 2.55 bits per heavy atom. The molecular formula is C23H23F2N5O3. The van der Waals surface area contributed by atoms with Crippen LogP contribution in [0.1, 0.15) is 45.2 Å². The summed E-state index contributed by atoms with van der Waals surface area (Å²) in [6.45, 7) is 6.37. The van der Waals surface area contributed by atoms with Gasteiger partial charge in [-0.2, -0.15) is 5.26 Å². The largest absolute Gasteiger partial charge is 0.444 e. The summed E-state index contributed by atoms with van der Waals surface area (Å²) >= 11 is 0. The SMILES string of the molecule is CC(C)(C)OC(=O)N1CCC(n2cc(F)c3c(Oc4ccc(C#N)cc4F)ncnc32)CC1. The summed E-state index contributed by atoms with van der Waals surface area (Å²) in [7, 11) is 0. The number of halogens is 2. The molecular weight excluding hydrogens is 432 g/mol. The van der Waals surface area contributed by atoms with Crippen LogP contribution in [0.5, 0.6) is 11.6 Å². The topological polar surface area (TPSA) is 93.3 Å². The zero-order valence-electron chi connectivity index (χ0n) is 18.5. The minimum atomic E-state index is -0.754. The maximum Gasteiger partial charge on any atom is 0.410 e. The van der Waals surface area contributed by atoms with Gasteiger partial charge in [0.05, 0.1) is 11.6 Å². The summed E-state index contributed by atoms with van der Waals surface area (Å²) in [5, 5.41) is 8.92. The van der Waals surface area contributed by atoms with Crippen molar-refractivity contribution in [3.63, 3.8) is 0 Å². The van der Waals surface area contributed by atoms with Gasteiger partial charge in [-0.1, -0.05) is 0 Å². The van der Waals surface area contributed by atoms with Gasteiger partial charge in [0.25, 0.3) is 0 Å². The van der Waals surface area contributed by atoms with Crippen LogP contribution >= 0.6 is 0 Å². The van der Waals surface area contributed by atoms with E-state index in [1.165, 1.54) is 24.7 Å². The first kappa shape index (κ1) is 22.5. The van der Waals surface area contributed by atoms with Gasteiger partial charge in [0.1, 0.15) is 17.3 Å². The zero-order valence-corrected chi connectivity index (χ0v) is 18.5. The minimum absolute atomic E-state index is 0.0378. The van der Waals surface area contributed by atoms with Gasteiger partial charge in [0.15, 0.2) is 23.0 Å². The predicted octanol–water partition coefficient (Wildman–Crippen LogP) is 4.95. The molecule has 1 amide bonds. The number of carbonyl (C=O) groups excluding carboxylic acids is 1. The number of benzene rings is 1. The molecule has 10 heteroatoms. The summed E-state index contributed by atoms with van der Waals surface area (Å²) in [5.74, 6) is -1.64. The first-order valence-electron chi connectivity index (χ1n) is 10.5. The molecule has 1 aliphatic heterocycles. The average molecular weight is 455 g/mol. The number of rotatable bonds is 3. The number of carbonyl (C=O) groups is 1. The number of nitriles is 1. The summed E-state index contributed by atoms with van der Waals surface area (Å²) in [5.41, 5.74) is -0.111. The third-order valence-electron chi connectivity index (χ3n) is 5.31. The van der Waals surface area contributed by atoms with Crippen molar-refractivity contribution in [1.29, 1.82) is 5.26 Å². The van der Waals surface area contributed by atoms with Gasteiger partial charge in [0.2, 0.25) is 5.88 Å². The van der Waals surface area contributed by atoms with E-state index in [0.717, 1.165) is 6.07 Å². The lowest BCUT2D eigenvalue weighted by atomic mass is 10.1. The number of likely N-dealkylation sites (tertiary alicyclic amines) is 1.